The first-order valence-electron chi connectivity index (χ1n) is 7.87. The molecule has 8 nitrogen and oxygen atoms in total. The van der Waals surface area contributed by atoms with Gasteiger partial charge in [-0.1, -0.05) is 0 Å². The van der Waals surface area contributed by atoms with Crippen molar-refractivity contribution in [3.63, 3.8) is 0 Å². The lowest BCUT2D eigenvalue weighted by Crippen LogP contribution is -2.33. The van der Waals surface area contributed by atoms with Gasteiger partial charge in [-0.2, -0.15) is 0 Å². The smallest absolute Gasteiger partial charge is 0.407 e. The van der Waals surface area contributed by atoms with Crippen molar-refractivity contribution < 1.29 is 14.3 Å². The molecule has 0 saturated heterocycles. The second-order valence-electron chi connectivity index (χ2n) is 6.08. The summed E-state index contributed by atoms with van der Waals surface area (Å²) in [4.78, 5) is 29.1. The molecule has 1 heterocycles. The van der Waals surface area contributed by atoms with Crippen molar-refractivity contribution in [2.45, 2.75) is 26.4 Å². The Morgan fingerprint density at radius 2 is 2.04 bits per heavy atom. The molecule has 0 radical (unpaired) electrons. The number of nitrogens with one attached hydrogen (secondary N) is 2. The van der Waals surface area contributed by atoms with E-state index in [0.717, 1.165) is 4.88 Å². The van der Waals surface area contributed by atoms with Crippen LogP contribution in [0.3, 0.4) is 0 Å². The number of nitrogens with two attached hydrogens (primary N) is 2. The number of amides is 2. The van der Waals surface area contributed by atoms with Crippen LogP contribution in [0.1, 0.15) is 35.3 Å². The number of hydrogen-bond donors (Lipinski definition) is 4. The summed E-state index contributed by atoms with van der Waals surface area (Å²) in [5, 5.41) is 5.14. The van der Waals surface area contributed by atoms with Crippen LogP contribution in [0.25, 0.3) is 5.57 Å². The minimum Gasteiger partial charge on any atom is -0.444 e. The molecule has 0 aliphatic heterocycles. The van der Waals surface area contributed by atoms with E-state index in [1.807, 2.05) is 0 Å². The van der Waals surface area contributed by atoms with Gasteiger partial charge in [0.15, 0.2) is 0 Å². The van der Waals surface area contributed by atoms with E-state index >= 15 is 0 Å². The van der Waals surface area contributed by atoms with Crippen LogP contribution in [0.15, 0.2) is 29.5 Å². The van der Waals surface area contributed by atoms with Gasteiger partial charge in [0.05, 0.1) is 12.2 Å². The van der Waals surface area contributed by atoms with Gasteiger partial charge in [-0.25, -0.2) is 4.79 Å². The quantitative estimate of drug-likeness (QED) is 0.444. The number of allylic oxidation sites excluding steroid dienone is 2. The second kappa shape index (κ2) is 9.62. The Morgan fingerprint density at radius 3 is 2.58 bits per heavy atom. The summed E-state index contributed by atoms with van der Waals surface area (Å²) in [6, 6.07) is 1.73. The summed E-state index contributed by atoms with van der Waals surface area (Å²) >= 11 is 1.24. The molecule has 2 amide bonds. The van der Waals surface area contributed by atoms with Crippen molar-refractivity contribution in [3.8, 4) is 0 Å². The molecule has 0 spiro atoms. The number of hydrogen-bond acceptors (Lipinski definition) is 7. The maximum absolute atomic E-state index is 12.1. The number of ether oxygens (including phenoxy) is 1. The minimum absolute atomic E-state index is 0.162. The first-order valence-corrected chi connectivity index (χ1v) is 8.69. The van der Waals surface area contributed by atoms with Crippen LogP contribution in [0.2, 0.25) is 0 Å². The molecule has 0 atom stereocenters. The van der Waals surface area contributed by atoms with Crippen LogP contribution in [0.5, 0.6) is 0 Å². The molecule has 0 aliphatic rings. The van der Waals surface area contributed by atoms with Crippen LogP contribution in [0.4, 0.5) is 10.5 Å². The predicted molar refractivity (Wildman–Crippen MR) is 106 cm³/mol. The normalized spacial score (nSPS) is 12.5. The molecule has 0 bridgehead atoms. The lowest BCUT2D eigenvalue weighted by Gasteiger charge is -2.19. The van der Waals surface area contributed by atoms with Gasteiger partial charge in [0.25, 0.3) is 5.91 Å². The Kier molecular flexibility index (Phi) is 7.85. The van der Waals surface area contributed by atoms with Gasteiger partial charge in [-0.05, 0) is 39.1 Å². The lowest BCUT2D eigenvalue weighted by atomic mass is 10.2. The average molecular weight is 379 g/mol. The highest BCUT2D eigenvalue weighted by atomic mass is 32.1. The van der Waals surface area contributed by atoms with Crippen molar-refractivity contribution >= 4 is 40.8 Å². The summed E-state index contributed by atoms with van der Waals surface area (Å²) in [5.41, 5.74) is 11.6. The molecule has 0 aliphatic carbocycles. The number of carbonyl (C=O) groups excluding carboxylic acids is 2. The zero-order valence-corrected chi connectivity index (χ0v) is 16.1. The number of carbonyl (C=O) groups is 2. The Labute approximate surface area is 157 Å². The van der Waals surface area contributed by atoms with E-state index in [2.05, 4.69) is 15.6 Å². The molecule has 0 unspecified atom stereocenters. The number of alkyl carbamates (subject to hydrolysis) is 1. The molecule has 26 heavy (non-hydrogen) atoms. The fraction of sp³-hybridized carbons (Fsp3) is 0.353. The van der Waals surface area contributed by atoms with Crippen LogP contribution < -0.4 is 22.1 Å². The number of rotatable bonds is 6. The summed E-state index contributed by atoms with van der Waals surface area (Å²) in [6.07, 6.45) is 5.36. The molecule has 0 aromatic carbocycles. The zero-order valence-electron chi connectivity index (χ0n) is 15.3. The first kappa shape index (κ1) is 21.2. The fourth-order valence-electron chi connectivity index (χ4n) is 1.81. The Bertz CT molecular complexity index is 729. The number of nitrogens with zero attached hydrogens (tertiary/aromatic N) is 1. The fourth-order valence-corrected chi connectivity index (χ4v) is 2.86. The monoisotopic (exact) mass is 379 g/mol. The Balaban J connectivity index is 2.92. The van der Waals surface area contributed by atoms with Crippen molar-refractivity contribution in [2.75, 3.05) is 13.6 Å². The highest BCUT2D eigenvalue weighted by molar-refractivity contribution is 7.15. The molecule has 9 heteroatoms. The van der Waals surface area contributed by atoms with E-state index in [-0.39, 0.29) is 12.5 Å². The molecule has 0 fully saturated rings. The molecule has 6 N–H and O–H groups in total. The van der Waals surface area contributed by atoms with E-state index in [1.54, 1.807) is 40.0 Å². The van der Waals surface area contributed by atoms with Crippen molar-refractivity contribution in [2.24, 2.45) is 16.5 Å². The summed E-state index contributed by atoms with van der Waals surface area (Å²) < 4.78 is 5.13. The summed E-state index contributed by atoms with van der Waals surface area (Å²) in [7, 11) is 1.54. The van der Waals surface area contributed by atoms with Gasteiger partial charge in [-0.15, -0.1) is 11.3 Å². The van der Waals surface area contributed by atoms with Gasteiger partial charge in [0.2, 0.25) is 0 Å². The van der Waals surface area contributed by atoms with Crippen LogP contribution in [-0.4, -0.2) is 37.4 Å². The topological polar surface area (TPSA) is 132 Å². The third-order valence-electron chi connectivity index (χ3n) is 2.85. The van der Waals surface area contributed by atoms with E-state index in [4.69, 9.17) is 16.2 Å². The first-order chi connectivity index (χ1) is 12.2. The summed E-state index contributed by atoms with van der Waals surface area (Å²) in [5.74, 6) is -0.262. The number of thiophene rings is 1. The predicted octanol–water partition coefficient (Wildman–Crippen LogP) is 2.11. The Hall–Kier alpha value is -2.81. The second-order valence-corrected chi connectivity index (χ2v) is 7.13. The molecule has 1 aromatic rings. The average Bonchev–Trinajstić information content (AvgIpc) is 2.98. The maximum atomic E-state index is 12.1. The molecule has 1 aromatic heterocycles. The maximum Gasteiger partial charge on any atom is 0.407 e. The van der Waals surface area contributed by atoms with E-state index in [1.165, 1.54) is 30.0 Å². The van der Waals surface area contributed by atoms with E-state index in [9.17, 15) is 9.59 Å². The van der Waals surface area contributed by atoms with Gasteiger partial charge in [0, 0.05) is 29.9 Å². The minimum atomic E-state index is -0.572. The SMILES string of the molecule is CNC(=O)c1sc(C(=CN)/C=C\N)cc1N=CCNC(=O)OC(C)(C)C. The molecular weight excluding hydrogens is 354 g/mol. The van der Waals surface area contributed by atoms with Crippen molar-refractivity contribution in [3.05, 3.63) is 34.3 Å². The summed E-state index contributed by atoms with van der Waals surface area (Å²) in [6.45, 7) is 5.50. The van der Waals surface area contributed by atoms with Crippen LogP contribution in [0, 0.1) is 0 Å². The number of aliphatic imine (C=N–C) groups is 1. The Morgan fingerprint density at radius 1 is 1.35 bits per heavy atom. The van der Waals surface area contributed by atoms with E-state index < -0.39 is 11.7 Å². The lowest BCUT2D eigenvalue weighted by molar-refractivity contribution is 0.0536. The third kappa shape index (κ3) is 6.60. The van der Waals surface area contributed by atoms with E-state index in [0.29, 0.717) is 16.1 Å². The zero-order chi connectivity index (χ0) is 19.7. The van der Waals surface area contributed by atoms with Gasteiger partial charge in [-0.3, -0.25) is 9.79 Å². The highest BCUT2D eigenvalue weighted by Gasteiger charge is 2.17. The van der Waals surface area contributed by atoms with Gasteiger partial charge < -0.3 is 26.8 Å². The van der Waals surface area contributed by atoms with Crippen LogP contribution in [-0.2, 0) is 4.74 Å². The largest absolute Gasteiger partial charge is 0.444 e. The van der Waals surface area contributed by atoms with Crippen molar-refractivity contribution in [1.29, 1.82) is 0 Å². The standard InChI is InChI=1S/C17H25N5O3S/c1-17(2,3)25-16(24)22-8-7-21-12-9-13(11(10-19)5-6-18)26-14(12)15(23)20-4/h5-7,9-10H,8,18-19H2,1-4H3,(H,20,23)(H,22,24)/b6-5-,11-10?,21-7?. The van der Waals surface area contributed by atoms with Crippen molar-refractivity contribution in [1.82, 2.24) is 10.6 Å². The molecule has 0 saturated carbocycles. The molecular formula is C17H25N5O3S. The van der Waals surface area contributed by atoms with Gasteiger partial charge in [0.1, 0.15) is 10.5 Å². The molecule has 142 valence electrons. The van der Waals surface area contributed by atoms with Gasteiger partial charge >= 0.3 is 6.09 Å². The highest BCUT2D eigenvalue weighted by Crippen LogP contribution is 2.34. The third-order valence-corrected chi connectivity index (χ3v) is 4.02. The molecule has 1 rings (SSSR count). The van der Waals surface area contributed by atoms with Crippen LogP contribution >= 0.6 is 11.3 Å².